The van der Waals surface area contributed by atoms with E-state index in [1.807, 2.05) is 12.1 Å². The largest absolute Gasteiger partial charge is 0.294 e. The Morgan fingerprint density at radius 3 is 2.88 bits per heavy atom. The summed E-state index contributed by atoms with van der Waals surface area (Å²) in [4.78, 5) is 16.3. The van der Waals surface area contributed by atoms with Crippen molar-refractivity contribution in [3.05, 3.63) is 29.1 Å². The molecule has 1 aromatic heterocycles. The normalized spacial score (nSPS) is 14.8. The minimum Gasteiger partial charge on any atom is -0.294 e. The van der Waals surface area contributed by atoms with Crippen LogP contribution in [-0.2, 0) is 12.8 Å². The van der Waals surface area contributed by atoms with Crippen molar-refractivity contribution in [3.8, 4) is 0 Å². The first kappa shape index (κ1) is 12.3. The van der Waals surface area contributed by atoms with Crippen LogP contribution in [0.25, 0.3) is 0 Å². The monoisotopic (exact) mass is 231 g/mol. The van der Waals surface area contributed by atoms with E-state index in [0.29, 0.717) is 6.42 Å². The number of carbonyl (C=O) groups is 1. The van der Waals surface area contributed by atoms with Gasteiger partial charge in [0.05, 0.1) is 5.69 Å². The molecule has 0 N–H and O–H groups in total. The first-order valence-corrected chi connectivity index (χ1v) is 6.83. The molecule has 1 aliphatic rings. The molecule has 0 atom stereocenters. The quantitative estimate of drug-likeness (QED) is 0.723. The van der Waals surface area contributed by atoms with Crippen LogP contribution in [0.3, 0.4) is 0 Å². The van der Waals surface area contributed by atoms with Crippen molar-refractivity contribution in [2.45, 2.75) is 58.3 Å². The lowest BCUT2D eigenvalue weighted by atomic mass is 9.94. The molecule has 2 heteroatoms. The van der Waals surface area contributed by atoms with Crippen molar-refractivity contribution in [2.24, 2.45) is 0 Å². The van der Waals surface area contributed by atoms with Gasteiger partial charge in [0, 0.05) is 17.7 Å². The third kappa shape index (κ3) is 3.15. The molecule has 2 nitrogen and oxygen atoms in total. The molecule has 0 aromatic carbocycles. The lowest BCUT2D eigenvalue weighted by molar-refractivity contribution is 0.0971. The van der Waals surface area contributed by atoms with Crippen LogP contribution in [0.5, 0.6) is 0 Å². The molecule has 1 aliphatic carbocycles. The molecule has 0 amide bonds. The number of pyridine rings is 1. The predicted molar refractivity (Wildman–Crippen MR) is 69.4 cm³/mol. The van der Waals surface area contributed by atoms with E-state index < -0.39 is 0 Å². The number of unbranched alkanes of at least 4 members (excludes halogenated alkanes) is 3. The van der Waals surface area contributed by atoms with E-state index >= 15 is 0 Å². The van der Waals surface area contributed by atoms with E-state index in [4.69, 9.17) is 0 Å². The highest BCUT2D eigenvalue weighted by molar-refractivity contribution is 5.97. The third-order valence-electron chi connectivity index (χ3n) is 3.44. The van der Waals surface area contributed by atoms with Crippen LogP contribution in [0.1, 0.15) is 67.2 Å². The van der Waals surface area contributed by atoms with Crippen molar-refractivity contribution in [1.29, 1.82) is 0 Å². The molecule has 0 spiro atoms. The maximum atomic E-state index is 11.7. The van der Waals surface area contributed by atoms with Gasteiger partial charge in [-0.2, -0.15) is 0 Å². The van der Waals surface area contributed by atoms with Crippen LogP contribution in [0.4, 0.5) is 0 Å². The molecule has 1 heterocycles. The Kier molecular flexibility index (Phi) is 4.29. The molecule has 0 fully saturated rings. The van der Waals surface area contributed by atoms with Crippen LogP contribution in [0.15, 0.2) is 12.1 Å². The highest BCUT2D eigenvalue weighted by Gasteiger charge is 2.18. The van der Waals surface area contributed by atoms with Crippen molar-refractivity contribution < 1.29 is 4.79 Å². The Hall–Kier alpha value is -1.18. The summed E-state index contributed by atoms with van der Waals surface area (Å²) in [5.41, 5.74) is 3.07. The lowest BCUT2D eigenvalue weighted by Gasteiger charge is -2.14. The summed E-state index contributed by atoms with van der Waals surface area (Å²) in [6.07, 6.45) is 8.78. The number of nitrogens with zero attached hydrogens (tertiary/aromatic N) is 1. The summed E-state index contributed by atoms with van der Waals surface area (Å²) in [7, 11) is 0. The molecule has 17 heavy (non-hydrogen) atoms. The van der Waals surface area contributed by atoms with Crippen molar-refractivity contribution in [1.82, 2.24) is 4.98 Å². The fourth-order valence-corrected chi connectivity index (χ4v) is 2.41. The van der Waals surface area contributed by atoms with Gasteiger partial charge in [0.1, 0.15) is 0 Å². The molecule has 0 aliphatic heterocycles. The van der Waals surface area contributed by atoms with Gasteiger partial charge in [-0.05, 0) is 37.8 Å². The van der Waals surface area contributed by atoms with Gasteiger partial charge in [-0.25, -0.2) is 0 Å². The van der Waals surface area contributed by atoms with Gasteiger partial charge in [-0.15, -0.1) is 0 Å². The summed E-state index contributed by atoms with van der Waals surface area (Å²) in [5, 5.41) is 0. The average molecular weight is 231 g/mol. The Bertz CT molecular complexity index is 398. The Morgan fingerprint density at radius 1 is 1.18 bits per heavy atom. The predicted octanol–water partition coefficient (Wildman–Crippen LogP) is 3.72. The van der Waals surface area contributed by atoms with E-state index in [-0.39, 0.29) is 5.78 Å². The minimum absolute atomic E-state index is 0.274. The maximum absolute atomic E-state index is 11.7. The standard InChI is InChI=1S/C15H21NO/c1-2-3-4-5-7-12-10-11-13-14(16-12)8-6-9-15(13)17/h10-11H,2-9H2,1H3. The SMILES string of the molecule is CCCCCCc1ccc2c(n1)CCCC2=O. The number of aryl methyl sites for hydroxylation is 2. The van der Waals surface area contributed by atoms with Gasteiger partial charge in [-0.1, -0.05) is 26.2 Å². The van der Waals surface area contributed by atoms with Gasteiger partial charge in [0.25, 0.3) is 0 Å². The molecule has 1 aromatic rings. The number of Topliss-reactive ketones (excluding diaryl/α,β-unsaturated/α-hetero) is 1. The molecular formula is C15H21NO. The van der Waals surface area contributed by atoms with Crippen molar-refractivity contribution >= 4 is 5.78 Å². The Labute approximate surface area is 103 Å². The van der Waals surface area contributed by atoms with E-state index in [1.54, 1.807) is 0 Å². The fourth-order valence-electron chi connectivity index (χ4n) is 2.41. The van der Waals surface area contributed by atoms with Crippen LogP contribution in [0, 0.1) is 0 Å². The molecular weight excluding hydrogens is 210 g/mol. The van der Waals surface area contributed by atoms with E-state index in [0.717, 1.165) is 36.2 Å². The topological polar surface area (TPSA) is 30.0 Å². The van der Waals surface area contributed by atoms with Gasteiger partial charge in [0.2, 0.25) is 0 Å². The summed E-state index contributed by atoms with van der Waals surface area (Å²) < 4.78 is 0. The first-order chi connectivity index (χ1) is 8.31. The molecule has 0 saturated heterocycles. The Morgan fingerprint density at radius 2 is 2.06 bits per heavy atom. The van der Waals surface area contributed by atoms with Crippen LogP contribution in [0.2, 0.25) is 0 Å². The van der Waals surface area contributed by atoms with Crippen LogP contribution < -0.4 is 0 Å². The number of aromatic nitrogens is 1. The second kappa shape index (κ2) is 5.95. The second-order valence-corrected chi connectivity index (χ2v) is 4.88. The van der Waals surface area contributed by atoms with Gasteiger partial charge in [-0.3, -0.25) is 9.78 Å². The first-order valence-electron chi connectivity index (χ1n) is 6.83. The van der Waals surface area contributed by atoms with Gasteiger partial charge < -0.3 is 0 Å². The highest BCUT2D eigenvalue weighted by Crippen LogP contribution is 2.20. The van der Waals surface area contributed by atoms with E-state index in [1.165, 1.54) is 25.7 Å². The number of rotatable bonds is 5. The van der Waals surface area contributed by atoms with Gasteiger partial charge >= 0.3 is 0 Å². The van der Waals surface area contributed by atoms with Crippen LogP contribution >= 0.6 is 0 Å². The molecule has 0 bridgehead atoms. The van der Waals surface area contributed by atoms with Crippen LogP contribution in [-0.4, -0.2) is 10.8 Å². The number of hydrogen-bond donors (Lipinski definition) is 0. The number of carbonyl (C=O) groups excluding carboxylic acids is 1. The van der Waals surface area contributed by atoms with Crippen molar-refractivity contribution in [3.63, 3.8) is 0 Å². The molecule has 0 radical (unpaired) electrons. The summed E-state index contributed by atoms with van der Waals surface area (Å²) >= 11 is 0. The molecule has 2 rings (SSSR count). The summed E-state index contributed by atoms with van der Waals surface area (Å²) in [5.74, 6) is 0.274. The highest BCUT2D eigenvalue weighted by atomic mass is 16.1. The lowest BCUT2D eigenvalue weighted by Crippen LogP contribution is -2.13. The third-order valence-corrected chi connectivity index (χ3v) is 3.44. The average Bonchev–Trinajstić information content (AvgIpc) is 2.35. The number of hydrogen-bond acceptors (Lipinski definition) is 2. The molecule has 92 valence electrons. The summed E-state index contributed by atoms with van der Waals surface area (Å²) in [6.45, 7) is 2.22. The zero-order chi connectivity index (χ0) is 12.1. The summed E-state index contributed by atoms with van der Waals surface area (Å²) in [6, 6.07) is 4.02. The maximum Gasteiger partial charge on any atom is 0.164 e. The number of ketones is 1. The smallest absolute Gasteiger partial charge is 0.164 e. The zero-order valence-corrected chi connectivity index (χ0v) is 10.7. The van der Waals surface area contributed by atoms with Gasteiger partial charge in [0.15, 0.2) is 5.78 Å². The van der Waals surface area contributed by atoms with E-state index in [9.17, 15) is 4.79 Å². The molecule has 0 unspecified atom stereocenters. The number of fused-ring (bicyclic) bond motifs is 1. The van der Waals surface area contributed by atoms with Crippen molar-refractivity contribution in [2.75, 3.05) is 0 Å². The second-order valence-electron chi connectivity index (χ2n) is 4.88. The Balaban J connectivity index is 1.98. The zero-order valence-electron chi connectivity index (χ0n) is 10.7. The fraction of sp³-hybridized carbons (Fsp3) is 0.600. The molecule has 0 saturated carbocycles. The van der Waals surface area contributed by atoms with E-state index in [2.05, 4.69) is 11.9 Å². The minimum atomic E-state index is 0.274.